The van der Waals surface area contributed by atoms with E-state index in [-0.39, 0.29) is 11.7 Å². The molecule has 2 N–H and O–H groups in total. The Labute approximate surface area is 141 Å². The van der Waals surface area contributed by atoms with Gasteiger partial charge >= 0.3 is 0 Å². The smallest absolute Gasteiger partial charge is 0.236 e. The number of phenolic OH excluding ortho intramolecular Hbond substituents is 1. The summed E-state index contributed by atoms with van der Waals surface area (Å²) in [5.74, 6) is 1.01. The Morgan fingerprint density at radius 3 is 2.75 bits per heavy atom. The Balaban J connectivity index is 1.66. The first kappa shape index (κ1) is 14.6. The second-order valence-corrected chi connectivity index (χ2v) is 6.30. The first-order valence-electron chi connectivity index (χ1n) is 7.39. The van der Waals surface area contributed by atoms with Crippen molar-refractivity contribution in [3.05, 3.63) is 60.2 Å². The number of phenols is 1. The standard InChI is InChI=1S/C16H14N6OS/c1-10(11-4-6-13(23)7-5-11)14-19-20-16-22(14)21-15(24-16)18-12-3-2-8-17-9-12/h2-10,23H,1H3,(H,18,21). The zero-order valence-corrected chi connectivity index (χ0v) is 13.6. The fourth-order valence-electron chi connectivity index (χ4n) is 2.42. The van der Waals surface area contributed by atoms with Gasteiger partial charge in [0.15, 0.2) is 5.82 Å². The van der Waals surface area contributed by atoms with E-state index in [1.807, 2.05) is 31.2 Å². The van der Waals surface area contributed by atoms with Crippen molar-refractivity contribution in [3.63, 3.8) is 0 Å². The van der Waals surface area contributed by atoms with Crippen molar-refractivity contribution in [2.45, 2.75) is 12.8 Å². The summed E-state index contributed by atoms with van der Waals surface area (Å²) in [5, 5.41) is 26.4. The highest BCUT2D eigenvalue weighted by molar-refractivity contribution is 7.20. The summed E-state index contributed by atoms with van der Waals surface area (Å²) in [4.78, 5) is 4.80. The molecule has 0 aliphatic rings. The number of aromatic hydroxyl groups is 1. The lowest BCUT2D eigenvalue weighted by Gasteiger charge is -2.08. The quantitative estimate of drug-likeness (QED) is 0.594. The third-order valence-electron chi connectivity index (χ3n) is 3.71. The predicted octanol–water partition coefficient (Wildman–Crippen LogP) is 3.18. The Kier molecular flexibility index (Phi) is 3.58. The van der Waals surface area contributed by atoms with Crippen LogP contribution in [0.3, 0.4) is 0 Å². The average molecular weight is 338 g/mol. The van der Waals surface area contributed by atoms with E-state index in [1.165, 1.54) is 11.3 Å². The second kappa shape index (κ2) is 5.89. The van der Waals surface area contributed by atoms with Crippen molar-refractivity contribution in [2.75, 3.05) is 5.32 Å². The maximum atomic E-state index is 9.43. The van der Waals surface area contributed by atoms with Gasteiger partial charge < -0.3 is 10.4 Å². The van der Waals surface area contributed by atoms with E-state index in [0.717, 1.165) is 27.2 Å². The van der Waals surface area contributed by atoms with Crippen molar-refractivity contribution in [1.82, 2.24) is 24.8 Å². The maximum Gasteiger partial charge on any atom is 0.236 e. The van der Waals surface area contributed by atoms with Gasteiger partial charge in [-0.3, -0.25) is 4.98 Å². The minimum Gasteiger partial charge on any atom is -0.508 e. The molecule has 8 heteroatoms. The van der Waals surface area contributed by atoms with Crippen molar-refractivity contribution in [2.24, 2.45) is 0 Å². The van der Waals surface area contributed by atoms with Crippen LogP contribution in [-0.2, 0) is 0 Å². The summed E-state index contributed by atoms with van der Waals surface area (Å²) in [6, 6.07) is 10.9. The van der Waals surface area contributed by atoms with E-state index in [0.29, 0.717) is 0 Å². The largest absolute Gasteiger partial charge is 0.508 e. The topological polar surface area (TPSA) is 88.2 Å². The monoisotopic (exact) mass is 338 g/mol. The number of anilines is 2. The first-order valence-corrected chi connectivity index (χ1v) is 8.20. The van der Waals surface area contributed by atoms with Crippen LogP contribution in [0, 0.1) is 0 Å². The van der Waals surface area contributed by atoms with Crippen LogP contribution in [0.15, 0.2) is 48.8 Å². The van der Waals surface area contributed by atoms with Gasteiger partial charge in [-0.25, -0.2) is 0 Å². The Bertz CT molecular complexity index is 963. The van der Waals surface area contributed by atoms with Crippen molar-refractivity contribution >= 4 is 27.1 Å². The highest BCUT2D eigenvalue weighted by Crippen LogP contribution is 2.28. The summed E-state index contributed by atoms with van der Waals surface area (Å²) in [6.45, 7) is 2.04. The number of nitrogens with one attached hydrogen (secondary N) is 1. The third-order valence-corrected chi connectivity index (χ3v) is 4.52. The molecule has 0 radical (unpaired) electrons. The molecule has 3 aromatic heterocycles. The van der Waals surface area contributed by atoms with Gasteiger partial charge in [0.2, 0.25) is 10.1 Å². The summed E-state index contributed by atoms with van der Waals surface area (Å²) in [7, 11) is 0. The molecule has 0 saturated carbocycles. The number of hydrogen-bond donors (Lipinski definition) is 2. The van der Waals surface area contributed by atoms with Crippen LogP contribution in [0.1, 0.15) is 24.2 Å². The number of rotatable bonds is 4. The van der Waals surface area contributed by atoms with Crippen LogP contribution < -0.4 is 5.32 Å². The summed E-state index contributed by atoms with van der Waals surface area (Å²) in [5.41, 5.74) is 1.91. The van der Waals surface area contributed by atoms with E-state index in [2.05, 4.69) is 25.6 Å². The van der Waals surface area contributed by atoms with Gasteiger partial charge in [0, 0.05) is 12.1 Å². The molecular weight excluding hydrogens is 324 g/mol. The van der Waals surface area contributed by atoms with Crippen LogP contribution in [0.5, 0.6) is 5.75 Å². The van der Waals surface area contributed by atoms with Gasteiger partial charge in [-0.2, -0.15) is 4.52 Å². The van der Waals surface area contributed by atoms with Crippen molar-refractivity contribution < 1.29 is 5.11 Å². The van der Waals surface area contributed by atoms with Gasteiger partial charge in [0.05, 0.1) is 11.9 Å². The minimum atomic E-state index is 0.00828. The second-order valence-electron chi connectivity index (χ2n) is 5.34. The number of pyridine rings is 1. The van der Waals surface area contributed by atoms with Crippen LogP contribution in [-0.4, -0.2) is 29.9 Å². The molecule has 0 spiro atoms. The zero-order chi connectivity index (χ0) is 16.5. The molecule has 0 saturated heterocycles. The zero-order valence-electron chi connectivity index (χ0n) is 12.8. The number of fused-ring (bicyclic) bond motifs is 1. The number of hydrogen-bond acceptors (Lipinski definition) is 7. The SMILES string of the molecule is CC(c1ccc(O)cc1)c1nnc2sc(Nc3cccnc3)nn12. The number of aromatic nitrogens is 5. The highest BCUT2D eigenvalue weighted by Gasteiger charge is 2.19. The van der Waals surface area contributed by atoms with E-state index >= 15 is 0 Å². The lowest BCUT2D eigenvalue weighted by molar-refractivity contribution is 0.475. The molecule has 4 rings (SSSR count). The lowest BCUT2D eigenvalue weighted by atomic mass is 10.0. The maximum absolute atomic E-state index is 9.43. The van der Waals surface area contributed by atoms with Crippen molar-refractivity contribution in [3.8, 4) is 5.75 Å². The van der Waals surface area contributed by atoms with Crippen molar-refractivity contribution in [1.29, 1.82) is 0 Å². The molecule has 1 unspecified atom stereocenters. The summed E-state index contributed by atoms with van der Waals surface area (Å²) in [6.07, 6.45) is 3.46. The number of benzene rings is 1. The predicted molar refractivity (Wildman–Crippen MR) is 91.8 cm³/mol. The molecule has 1 aromatic carbocycles. The fraction of sp³-hybridized carbons (Fsp3) is 0.125. The molecule has 3 heterocycles. The first-order chi connectivity index (χ1) is 11.7. The Morgan fingerprint density at radius 1 is 1.17 bits per heavy atom. The highest BCUT2D eigenvalue weighted by atomic mass is 32.1. The lowest BCUT2D eigenvalue weighted by Crippen LogP contribution is -2.03. The van der Waals surface area contributed by atoms with Gasteiger partial charge in [0.1, 0.15) is 5.75 Å². The van der Waals surface area contributed by atoms with Crippen LogP contribution in [0.2, 0.25) is 0 Å². The Morgan fingerprint density at radius 2 is 2.00 bits per heavy atom. The van der Waals surface area contributed by atoms with Crippen LogP contribution >= 0.6 is 11.3 Å². The minimum absolute atomic E-state index is 0.00828. The van der Waals surface area contributed by atoms with E-state index in [9.17, 15) is 5.11 Å². The molecule has 0 amide bonds. The summed E-state index contributed by atoms with van der Waals surface area (Å²) < 4.78 is 1.75. The van der Waals surface area contributed by atoms with E-state index < -0.39 is 0 Å². The fourth-order valence-corrected chi connectivity index (χ4v) is 3.19. The number of nitrogens with zero attached hydrogens (tertiary/aromatic N) is 5. The van der Waals surface area contributed by atoms with Gasteiger partial charge in [-0.05, 0) is 29.8 Å². The van der Waals surface area contributed by atoms with Gasteiger partial charge in [-0.1, -0.05) is 30.4 Å². The average Bonchev–Trinajstić information content (AvgIpc) is 3.16. The molecule has 7 nitrogen and oxygen atoms in total. The Hall–Kier alpha value is -3.00. The summed E-state index contributed by atoms with van der Waals surface area (Å²) >= 11 is 1.43. The molecule has 1 atom stereocenters. The van der Waals surface area contributed by atoms with E-state index in [1.54, 1.807) is 29.0 Å². The molecule has 0 bridgehead atoms. The van der Waals surface area contributed by atoms with Crippen LogP contribution in [0.25, 0.3) is 4.96 Å². The molecule has 120 valence electrons. The van der Waals surface area contributed by atoms with Crippen LogP contribution in [0.4, 0.5) is 10.8 Å². The molecule has 4 aromatic rings. The van der Waals surface area contributed by atoms with Gasteiger partial charge in [-0.15, -0.1) is 15.3 Å². The van der Waals surface area contributed by atoms with Gasteiger partial charge in [0.25, 0.3) is 0 Å². The normalized spacial score (nSPS) is 12.4. The molecular formula is C16H14N6OS. The molecule has 0 fully saturated rings. The molecule has 24 heavy (non-hydrogen) atoms. The molecule has 0 aliphatic heterocycles. The van der Waals surface area contributed by atoms with E-state index in [4.69, 9.17) is 0 Å². The third kappa shape index (κ3) is 2.67. The molecule has 0 aliphatic carbocycles.